The van der Waals surface area contributed by atoms with Gasteiger partial charge in [0.1, 0.15) is 23.3 Å². The van der Waals surface area contributed by atoms with Crippen molar-refractivity contribution in [2.75, 3.05) is 0 Å². The molecule has 0 saturated heterocycles. The summed E-state index contributed by atoms with van der Waals surface area (Å²) in [4.78, 5) is 48.4. The number of nitrogens with zero attached hydrogens (tertiary/aromatic N) is 11. The van der Waals surface area contributed by atoms with Crippen LogP contribution < -0.4 is 5.69 Å². The van der Waals surface area contributed by atoms with Gasteiger partial charge in [-0.1, -0.05) is 60.7 Å². The standard InChI is InChI=1S/C48H29N11O/c60-48-58(45-21-7-14-36(54-45)34-12-5-19-43(52-34)56-38-16-3-1-10-30(38)32-23-26-49-28-41(32)56)40-18-9-25-51-47(40)59(48)46-22-8-15-37(55-46)35-13-6-20-44(53-35)57-39-17-4-2-11-31(39)33-24-27-50-29-42(33)57/h1-29H. The van der Waals surface area contributed by atoms with Crippen LogP contribution in [-0.4, -0.2) is 53.2 Å². The molecule has 0 amide bonds. The summed E-state index contributed by atoms with van der Waals surface area (Å²) < 4.78 is 7.31. The lowest BCUT2D eigenvalue weighted by Gasteiger charge is -2.10. The van der Waals surface area contributed by atoms with E-state index >= 15 is 0 Å². The van der Waals surface area contributed by atoms with E-state index in [1.54, 1.807) is 23.0 Å². The van der Waals surface area contributed by atoms with Crippen molar-refractivity contribution in [1.29, 1.82) is 0 Å². The minimum atomic E-state index is -0.364. The van der Waals surface area contributed by atoms with Gasteiger partial charge in [0.25, 0.3) is 0 Å². The van der Waals surface area contributed by atoms with Gasteiger partial charge in [0, 0.05) is 40.1 Å². The largest absolute Gasteiger partial charge is 0.342 e. The van der Waals surface area contributed by atoms with Crippen LogP contribution in [0.5, 0.6) is 0 Å². The van der Waals surface area contributed by atoms with Crippen molar-refractivity contribution >= 4 is 54.8 Å². The average molecular weight is 776 g/mol. The Balaban J connectivity index is 0.949. The fraction of sp³-hybridized carbons (Fsp3) is 0. The Hall–Kier alpha value is -8.64. The molecular weight excluding hydrogens is 747 g/mol. The predicted molar refractivity (Wildman–Crippen MR) is 233 cm³/mol. The lowest BCUT2D eigenvalue weighted by molar-refractivity contribution is 0.882. The molecule has 0 aliphatic heterocycles. The molecule has 12 nitrogen and oxygen atoms in total. The van der Waals surface area contributed by atoms with Crippen LogP contribution in [-0.2, 0) is 0 Å². The first-order valence-electron chi connectivity index (χ1n) is 19.3. The molecule has 0 saturated carbocycles. The number of benzene rings is 2. The first-order chi connectivity index (χ1) is 29.7. The third-order valence-electron chi connectivity index (χ3n) is 10.9. The first-order valence-corrected chi connectivity index (χ1v) is 19.3. The molecule has 12 aromatic rings. The number of para-hydroxylation sites is 2. The van der Waals surface area contributed by atoms with Crippen LogP contribution in [0.3, 0.4) is 0 Å². The van der Waals surface area contributed by atoms with Crippen molar-refractivity contribution in [2.45, 2.75) is 0 Å². The van der Waals surface area contributed by atoms with Crippen LogP contribution in [0, 0.1) is 0 Å². The summed E-state index contributed by atoms with van der Waals surface area (Å²) in [5.41, 5.74) is 7.14. The van der Waals surface area contributed by atoms with Crippen LogP contribution in [0.2, 0.25) is 0 Å². The summed E-state index contributed by atoms with van der Waals surface area (Å²) in [6.07, 6.45) is 9.01. The molecule has 0 radical (unpaired) electrons. The number of hydrogen-bond acceptors (Lipinski definition) is 8. The van der Waals surface area contributed by atoms with Crippen LogP contribution in [0.1, 0.15) is 0 Å². The fourth-order valence-corrected chi connectivity index (χ4v) is 8.35. The summed E-state index contributed by atoms with van der Waals surface area (Å²) in [6, 6.07) is 47.1. The summed E-state index contributed by atoms with van der Waals surface area (Å²) in [7, 11) is 0. The maximum Gasteiger partial charge on any atom is 0.342 e. The molecule has 0 aliphatic carbocycles. The number of fused-ring (bicyclic) bond motifs is 7. The Morgan fingerprint density at radius 1 is 0.333 bits per heavy atom. The zero-order chi connectivity index (χ0) is 39.7. The topological polar surface area (TPSA) is 127 Å². The van der Waals surface area contributed by atoms with E-state index in [1.807, 2.05) is 134 Å². The molecule has 12 rings (SSSR count). The maximum absolute atomic E-state index is 14.7. The minimum Gasteiger partial charge on any atom is -0.292 e. The monoisotopic (exact) mass is 775 g/mol. The van der Waals surface area contributed by atoms with Crippen molar-refractivity contribution < 1.29 is 0 Å². The second kappa shape index (κ2) is 13.2. The van der Waals surface area contributed by atoms with Crippen LogP contribution >= 0.6 is 0 Å². The number of pyridine rings is 7. The zero-order valence-corrected chi connectivity index (χ0v) is 31.6. The zero-order valence-electron chi connectivity index (χ0n) is 31.6. The lowest BCUT2D eigenvalue weighted by Crippen LogP contribution is -2.23. The number of imidazole rings is 1. The van der Waals surface area contributed by atoms with Gasteiger partial charge in [-0.3, -0.25) is 19.1 Å². The predicted octanol–water partition coefficient (Wildman–Crippen LogP) is 9.07. The molecule has 0 spiro atoms. The molecule has 10 heterocycles. The Morgan fingerprint density at radius 3 is 1.25 bits per heavy atom. The molecule has 10 aromatic heterocycles. The van der Waals surface area contributed by atoms with E-state index in [0.29, 0.717) is 45.6 Å². The highest BCUT2D eigenvalue weighted by atomic mass is 16.2. The molecule has 12 heteroatoms. The SMILES string of the molecule is O=c1n(-c2cccc(-c3cccc(-n4c5ccccc5c5ccncc54)n3)n2)c2cccnc2n1-c1cccc(-c2cccc(-n3c4ccccc4c4ccncc43)n2)n1. The van der Waals surface area contributed by atoms with E-state index in [0.717, 1.165) is 55.2 Å². The quantitative estimate of drug-likeness (QED) is 0.164. The van der Waals surface area contributed by atoms with Crippen molar-refractivity contribution in [2.24, 2.45) is 0 Å². The van der Waals surface area contributed by atoms with E-state index in [2.05, 4.69) is 48.4 Å². The molecule has 0 unspecified atom stereocenters. The molecular formula is C48H29N11O. The average Bonchev–Trinajstić information content (AvgIpc) is 3.94. The van der Waals surface area contributed by atoms with Crippen LogP contribution in [0.15, 0.2) is 181 Å². The van der Waals surface area contributed by atoms with Crippen molar-refractivity contribution in [3.8, 4) is 46.0 Å². The van der Waals surface area contributed by atoms with Gasteiger partial charge in [-0.05, 0) is 84.9 Å². The fourth-order valence-electron chi connectivity index (χ4n) is 8.35. The van der Waals surface area contributed by atoms with E-state index in [-0.39, 0.29) is 5.69 Å². The Morgan fingerprint density at radius 2 is 0.750 bits per heavy atom. The molecule has 60 heavy (non-hydrogen) atoms. The van der Waals surface area contributed by atoms with E-state index < -0.39 is 0 Å². The Labute approximate surface area is 340 Å². The van der Waals surface area contributed by atoms with Crippen molar-refractivity contribution in [3.05, 3.63) is 187 Å². The van der Waals surface area contributed by atoms with E-state index in [4.69, 9.17) is 19.9 Å². The lowest BCUT2D eigenvalue weighted by atomic mass is 10.2. The smallest absolute Gasteiger partial charge is 0.292 e. The highest BCUT2D eigenvalue weighted by molar-refractivity contribution is 6.09. The first kappa shape index (κ1) is 33.5. The van der Waals surface area contributed by atoms with Gasteiger partial charge in [-0.25, -0.2) is 38.8 Å². The van der Waals surface area contributed by atoms with Gasteiger partial charge in [-0.15, -0.1) is 0 Å². The third-order valence-corrected chi connectivity index (χ3v) is 10.9. The number of hydrogen-bond donors (Lipinski definition) is 0. The minimum absolute atomic E-state index is 0.364. The maximum atomic E-state index is 14.7. The second-order valence-electron chi connectivity index (χ2n) is 14.3. The van der Waals surface area contributed by atoms with E-state index in [1.165, 1.54) is 4.57 Å². The van der Waals surface area contributed by atoms with Gasteiger partial charge in [0.05, 0.1) is 62.8 Å². The Bertz CT molecular complexity index is 3380. The van der Waals surface area contributed by atoms with Crippen molar-refractivity contribution in [1.82, 2.24) is 53.2 Å². The molecule has 0 fully saturated rings. The van der Waals surface area contributed by atoms with Crippen molar-refractivity contribution in [3.63, 3.8) is 0 Å². The molecule has 0 aliphatic rings. The van der Waals surface area contributed by atoms with E-state index in [9.17, 15) is 4.79 Å². The molecule has 0 N–H and O–H groups in total. The summed E-state index contributed by atoms with van der Waals surface area (Å²) in [5, 5.41) is 4.43. The normalized spacial score (nSPS) is 11.7. The summed E-state index contributed by atoms with van der Waals surface area (Å²) in [5.74, 6) is 2.29. The number of rotatable bonds is 6. The molecule has 282 valence electrons. The van der Waals surface area contributed by atoms with Crippen LogP contribution in [0.4, 0.5) is 0 Å². The molecule has 0 atom stereocenters. The van der Waals surface area contributed by atoms with Crippen LogP contribution in [0.25, 0.3) is 101 Å². The number of aromatic nitrogens is 11. The van der Waals surface area contributed by atoms with Gasteiger partial charge < -0.3 is 0 Å². The summed E-state index contributed by atoms with van der Waals surface area (Å²) >= 11 is 0. The Kier molecular flexibility index (Phi) is 7.38. The van der Waals surface area contributed by atoms with Gasteiger partial charge in [0.2, 0.25) is 0 Å². The van der Waals surface area contributed by atoms with Gasteiger partial charge in [-0.2, -0.15) is 0 Å². The summed E-state index contributed by atoms with van der Waals surface area (Å²) in [6.45, 7) is 0. The highest BCUT2D eigenvalue weighted by Gasteiger charge is 2.21. The third kappa shape index (κ3) is 5.11. The van der Waals surface area contributed by atoms with Gasteiger partial charge in [0.15, 0.2) is 5.65 Å². The second-order valence-corrected chi connectivity index (χ2v) is 14.3. The van der Waals surface area contributed by atoms with Gasteiger partial charge >= 0.3 is 5.69 Å². The molecule has 2 aromatic carbocycles. The molecule has 0 bridgehead atoms. The highest BCUT2D eigenvalue weighted by Crippen LogP contribution is 2.33.